The Hall–Kier alpha value is -2.27. The van der Waals surface area contributed by atoms with Crippen molar-refractivity contribution in [3.63, 3.8) is 0 Å². The lowest BCUT2D eigenvalue weighted by molar-refractivity contribution is 0.315. The van der Waals surface area contributed by atoms with Gasteiger partial charge in [0, 0.05) is 19.0 Å². The van der Waals surface area contributed by atoms with E-state index in [4.69, 9.17) is 10.2 Å². The Morgan fingerprint density at radius 3 is 2.70 bits per heavy atom. The highest BCUT2D eigenvalue weighted by Crippen LogP contribution is 2.34. The minimum atomic E-state index is -3.40. The molecule has 0 bridgehead atoms. The van der Waals surface area contributed by atoms with Gasteiger partial charge in [-0.3, -0.25) is 0 Å². The van der Waals surface area contributed by atoms with Gasteiger partial charge in [-0.15, -0.1) is 11.3 Å². The molecule has 1 aromatic heterocycles. The van der Waals surface area contributed by atoms with Crippen molar-refractivity contribution in [2.45, 2.75) is 24.5 Å². The van der Waals surface area contributed by atoms with Gasteiger partial charge in [-0.05, 0) is 42.7 Å². The number of para-hydroxylation sites is 1. The van der Waals surface area contributed by atoms with Crippen LogP contribution in [-0.4, -0.2) is 30.8 Å². The van der Waals surface area contributed by atoms with Gasteiger partial charge in [0.05, 0.1) is 32.6 Å². The molecule has 1 unspecified atom stereocenters. The molecule has 2 heterocycles. The second kappa shape index (κ2) is 7.39. The Morgan fingerprint density at radius 1 is 1.19 bits per heavy atom. The monoisotopic (exact) mass is 397 g/mol. The molecule has 27 heavy (non-hydrogen) atoms. The first-order chi connectivity index (χ1) is 13.0. The molecule has 3 aromatic rings. The number of benzene rings is 2. The maximum absolute atomic E-state index is 12.9. The number of nitrogens with zero attached hydrogens (tertiary/aromatic N) is 3. The molecule has 138 valence electrons. The Bertz CT molecular complexity index is 1070. The molecule has 0 N–H and O–H groups in total. The van der Waals surface area contributed by atoms with E-state index in [0.29, 0.717) is 24.2 Å². The summed E-state index contributed by atoms with van der Waals surface area (Å²) >= 11 is 1.66. The fourth-order valence-corrected chi connectivity index (χ4v) is 6.14. The van der Waals surface area contributed by atoms with Crippen LogP contribution in [0.1, 0.15) is 34.9 Å². The smallest absolute Gasteiger partial charge is 0.218 e. The maximum atomic E-state index is 12.9. The number of rotatable bonds is 4. The van der Waals surface area contributed by atoms with Gasteiger partial charge in [0.2, 0.25) is 10.0 Å². The molecular formula is C20H19N3O2S2. The quantitative estimate of drug-likeness (QED) is 0.670. The summed E-state index contributed by atoms with van der Waals surface area (Å²) in [7, 11) is -3.40. The van der Waals surface area contributed by atoms with Crippen molar-refractivity contribution in [1.82, 2.24) is 9.29 Å². The molecule has 1 saturated heterocycles. The fraction of sp³-hybridized carbons (Fsp3) is 0.300. The summed E-state index contributed by atoms with van der Waals surface area (Å²) in [6.07, 6.45) is 1.80. The van der Waals surface area contributed by atoms with Crippen molar-refractivity contribution in [2.75, 3.05) is 13.1 Å². The number of nitriles is 1. The summed E-state index contributed by atoms with van der Waals surface area (Å²) in [6.45, 7) is 1.04. The van der Waals surface area contributed by atoms with E-state index in [1.165, 1.54) is 0 Å². The van der Waals surface area contributed by atoms with Crippen LogP contribution < -0.4 is 0 Å². The first kappa shape index (κ1) is 18.1. The Balaban J connectivity index is 1.51. The van der Waals surface area contributed by atoms with Gasteiger partial charge in [0.25, 0.3) is 0 Å². The number of hydrogen-bond acceptors (Lipinski definition) is 5. The molecule has 2 aromatic carbocycles. The van der Waals surface area contributed by atoms with Gasteiger partial charge in [0.15, 0.2) is 0 Å². The molecule has 0 saturated carbocycles. The van der Waals surface area contributed by atoms with Crippen molar-refractivity contribution in [2.24, 2.45) is 0 Å². The summed E-state index contributed by atoms with van der Waals surface area (Å²) in [5.41, 5.74) is 2.22. The largest absolute Gasteiger partial charge is 0.241 e. The van der Waals surface area contributed by atoms with Crippen molar-refractivity contribution >= 4 is 31.6 Å². The highest BCUT2D eigenvalue weighted by atomic mass is 32.2. The first-order valence-corrected chi connectivity index (χ1v) is 11.3. The number of piperidine rings is 1. The third-order valence-electron chi connectivity index (χ3n) is 4.87. The van der Waals surface area contributed by atoms with Crippen LogP contribution in [0.25, 0.3) is 10.2 Å². The van der Waals surface area contributed by atoms with E-state index < -0.39 is 10.0 Å². The lowest BCUT2D eigenvalue weighted by atomic mass is 10.0. The normalized spacial score (nSPS) is 18.4. The van der Waals surface area contributed by atoms with E-state index in [2.05, 4.69) is 6.07 Å². The van der Waals surface area contributed by atoms with Crippen LogP contribution in [0.2, 0.25) is 0 Å². The third kappa shape index (κ3) is 3.88. The van der Waals surface area contributed by atoms with Crippen LogP contribution in [0.5, 0.6) is 0 Å². The minimum absolute atomic E-state index is 0.0364. The molecular weight excluding hydrogens is 378 g/mol. The van der Waals surface area contributed by atoms with E-state index >= 15 is 0 Å². The average Bonchev–Trinajstić information content (AvgIpc) is 3.13. The van der Waals surface area contributed by atoms with Crippen LogP contribution >= 0.6 is 11.3 Å². The average molecular weight is 398 g/mol. The van der Waals surface area contributed by atoms with Crippen molar-refractivity contribution in [3.8, 4) is 6.07 Å². The zero-order valence-corrected chi connectivity index (χ0v) is 16.3. The number of hydrogen-bond donors (Lipinski definition) is 0. The predicted octanol–water partition coefficient (Wildman–Crippen LogP) is 3.88. The van der Waals surface area contributed by atoms with Gasteiger partial charge in [0.1, 0.15) is 0 Å². The van der Waals surface area contributed by atoms with Gasteiger partial charge < -0.3 is 0 Å². The van der Waals surface area contributed by atoms with E-state index in [0.717, 1.165) is 28.1 Å². The van der Waals surface area contributed by atoms with Gasteiger partial charge >= 0.3 is 0 Å². The van der Waals surface area contributed by atoms with E-state index in [-0.39, 0.29) is 11.7 Å². The molecule has 1 aliphatic rings. The van der Waals surface area contributed by atoms with Gasteiger partial charge in [-0.1, -0.05) is 24.3 Å². The molecule has 0 amide bonds. The fourth-order valence-electron chi connectivity index (χ4n) is 3.44. The SMILES string of the molecule is N#Cc1ccc(CS(=O)(=O)N2CCCC(c3nc4ccccc4s3)C2)cc1. The lowest BCUT2D eigenvalue weighted by Gasteiger charge is -2.31. The van der Waals surface area contributed by atoms with Crippen LogP contribution in [0.3, 0.4) is 0 Å². The molecule has 1 atom stereocenters. The summed E-state index contributed by atoms with van der Waals surface area (Å²) in [4.78, 5) is 4.72. The van der Waals surface area contributed by atoms with Gasteiger partial charge in [-0.25, -0.2) is 17.7 Å². The molecule has 0 spiro atoms. The topological polar surface area (TPSA) is 74.1 Å². The summed E-state index contributed by atoms with van der Waals surface area (Å²) in [5.74, 6) is 0.109. The number of fused-ring (bicyclic) bond motifs is 1. The van der Waals surface area contributed by atoms with Crippen LogP contribution in [-0.2, 0) is 15.8 Å². The Morgan fingerprint density at radius 2 is 1.96 bits per heavy atom. The zero-order chi connectivity index (χ0) is 18.9. The molecule has 1 aliphatic heterocycles. The molecule has 7 heteroatoms. The van der Waals surface area contributed by atoms with Gasteiger partial charge in [-0.2, -0.15) is 5.26 Å². The van der Waals surface area contributed by atoms with E-state index in [1.54, 1.807) is 39.9 Å². The highest BCUT2D eigenvalue weighted by molar-refractivity contribution is 7.88. The Kier molecular flexibility index (Phi) is 4.96. The molecule has 1 fully saturated rings. The molecule has 4 rings (SSSR count). The Labute approximate surface area is 162 Å². The summed E-state index contributed by atoms with van der Waals surface area (Å²) < 4.78 is 28.6. The molecule has 5 nitrogen and oxygen atoms in total. The van der Waals surface area contributed by atoms with Crippen LogP contribution in [0, 0.1) is 11.3 Å². The standard InChI is InChI=1S/C20H19N3O2S2/c21-12-15-7-9-16(10-8-15)14-27(24,25)23-11-3-4-17(13-23)20-22-18-5-1-2-6-19(18)26-20/h1-2,5-10,17H,3-4,11,13-14H2. The minimum Gasteiger partial charge on any atom is -0.241 e. The number of thiazole rings is 1. The van der Waals surface area contributed by atoms with Crippen LogP contribution in [0.4, 0.5) is 0 Å². The van der Waals surface area contributed by atoms with E-state index in [9.17, 15) is 8.42 Å². The zero-order valence-electron chi connectivity index (χ0n) is 14.7. The van der Waals surface area contributed by atoms with Crippen molar-refractivity contribution < 1.29 is 8.42 Å². The number of aromatic nitrogens is 1. The molecule has 0 radical (unpaired) electrons. The van der Waals surface area contributed by atoms with E-state index in [1.807, 2.05) is 24.3 Å². The first-order valence-electron chi connectivity index (χ1n) is 8.87. The summed E-state index contributed by atoms with van der Waals surface area (Å²) in [6, 6.07) is 16.8. The van der Waals surface area contributed by atoms with Crippen molar-refractivity contribution in [3.05, 3.63) is 64.7 Å². The predicted molar refractivity (Wildman–Crippen MR) is 107 cm³/mol. The molecule has 0 aliphatic carbocycles. The van der Waals surface area contributed by atoms with Crippen LogP contribution in [0.15, 0.2) is 48.5 Å². The highest BCUT2D eigenvalue weighted by Gasteiger charge is 2.31. The lowest BCUT2D eigenvalue weighted by Crippen LogP contribution is -2.39. The summed E-state index contributed by atoms with van der Waals surface area (Å²) in [5, 5.41) is 9.90. The second-order valence-corrected chi connectivity index (χ2v) is 9.81. The third-order valence-corrected chi connectivity index (χ3v) is 7.88. The van der Waals surface area contributed by atoms with Crippen molar-refractivity contribution in [1.29, 1.82) is 5.26 Å². The maximum Gasteiger partial charge on any atom is 0.218 e. The number of sulfonamides is 1. The second-order valence-electron chi connectivity index (χ2n) is 6.78.